The minimum Gasteiger partial charge on any atom is -0.460 e. The molecule has 0 aliphatic rings. The predicted molar refractivity (Wildman–Crippen MR) is 82.5 cm³/mol. The van der Waals surface area contributed by atoms with Crippen LogP contribution in [0, 0.1) is 11.3 Å². The largest absolute Gasteiger partial charge is 0.460 e. The number of amides is 1. The molecule has 21 heavy (non-hydrogen) atoms. The summed E-state index contributed by atoms with van der Waals surface area (Å²) in [7, 11) is 1.69. The van der Waals surface area contributed by atoms with Gasteiger partial charge in [0.15, 0.2) is 0 Å². The standard InChI is InChI=1S/C17H18N2O2/c1-3-15-14(13-7-4-5-8-16(13)21-15)9-10-17(20)19(2)12-6-11-18/h4-5,7-10H,3,6,12H2,1-2H3/b10-9+. The van der Waals surface area contributed by atoms with Gasteiger partial charge in [0, 0.05) is 37.0 Å². The molecule has 2 aromatic rings. The maximum absolute atomic E-state index is 12.0. The Bertz CT molecular complexity index is 707. The second-order valence-corrected chi connectivity index (χ2v) is 4.79. The number of hydrogen-bond acceptors (Lipinski definition) is 3. The van der Waals surface area contributed by atoms with E-state index in [1.807, 2.05) is 37.3 Å². The number of fused-ring (bicyclic) bond motifs is 1. The fourth-order valence-electron chi connectivity index (χ4n) is 2.17. The Hall–Kier alpha value is -2.54. The van der Waals surface area contributed by atoms with E-state index < -0.39 is 0 Å². The lowest BCUT2D eigenvalue weighted by Crippen LogP contribution is -2.25. The van der Waals surface area contributed by atoms with Gasteiger partial charge in [-0.05, 0) is 12.1 Å². The summed E-state index contributed by atoms with van der Waals surface area (Å²) in [6, 6.07) is 9.83. The van der Waals surface area contributed by atoms with Crippen molar-refractivity contribution in [1.29, 1.82) is 5.26 Å². The minimum absolute atomic E-state index is 0.113. The normalized spacial score (nSPS) is 10.9. The van der Waals surface area contributed by atoms with Gasteiger partial charge in [0.1, 0.15) is 11.3 Å². The predicted octanol–water partition coefficient (Wildman–Crippen LogP) is 3.38. The zero-order chi connectivity index (χ0) is 15.2. The molecule has 0 aliphatic heterocycles. The zero-order valence-corrected chi connectivity index (χ0v) is 12.3. The first-order chi connectivity index (χ1) is 10.2. The molecular formula is C17H18N2O2. The van der Waals surface area contributed by atoms with E-state index in [-0.39, 0.29) is 5.91 Å². The van der Waals surface area contributed by atoms with Crippen LogP contribution >= 0.6 is 0 Å². The van der Waals surface area contributed by atoms with Crippen molar-refractivity contribution in [2.45, 2.75) is 19.8 Å². The second kappa shape index (κ2) is 6.76. The molecule has 0 bridgehead atoms. The fraction of sp³-hybridized carbons (Fsp3) is 0.294. The van der Waals surface area contributed by atoms with Gasteiger partial charge in [-0.15, -0.1) is 0 Å². The minimum atomic E-state index is -0.113. The molecule has 1 aromatic carbocycles. The molecule has 1 amide bonds. The topological polar surface area (TPSA) is 57.2 Å². The van der Waals surface area contributed by atoms with Crippen LogP contribution in [0.2, 0.25) is 0 Å². The third-order valence-corrected chi connectivity index (χ3v) is 3.36. The van der Waals surface area contributed by atoms with Gasteiger partial charge in [0.25, 0.3) is 0 Å². The van der Waals surface area contributed by atoms with Crippen molar-refractivity contribution in [3.63, 3.8) is 0 Å². The molecular weight excluding hydrogens is 264 g/mol. The molecule has 1 heterocycles. The van der Waals surface area contributed by atoms with E-state index in [1.165, 1.54) is 11.0 Å². The summed E-state index contributed by atoms with van der Waals surface area (Å²) in [5, 5.41) is 9.56. The van der Waals surface area contributed by atoms with Crippen molar-refractivity contribution in [2.24, 2.45) is 0 Å². The van der Waals surface area contributed by atoms with Crippen LogP contribution in [0.1, 0.15) is 24.7 Å². The Balaban J connectivity index is 2.24. The molecule has 1 aromatic heterocycles. The summed E-state index contributed by atoms with van der Waals surface area (Å²) < 4.78 is 5.79. The van der Waals surface area contributed by atoms with Crippen LogP contribution in [0.15, 0.2) is 34.8 Å². The molecule has 0 atom stereocenters. The highest BCUT2D eigenvalue weighted by molar-refractivity contribution is 5.96. The average molecular weight is 282 g/mol. The molecule has 2 rings (SSSR count). The Morgan fingerprint density at radius 2 is 2.19 bits per heavy atom. The SMILES string of the molecule is CCc1oc2ccccc2c1/C=C/C(=O)N(C)CCC#N. The van der Waals surface area contributed by atoms with Crippen LogP contribution in [-0.2, 0) is 11.2 Å². The number of carbonyl (C=O) groups excluding carboxylic acids is 1. The van der Waals surface area contributed by atoms with Crippen LogP contribution in [0.3, 0.4) is 0 Å². The number of carbonyl (C=O) groups is 1. The second-order valence-electron chi connectivity index (χ2n) is 4.79. The average Bonchev–Trinajstić information content (AvgIpc) is 2.87. The third-order valence-electron chi connectivity index (χ3n) is 3.36. The molecule has 0 unspecified atom stereocenters. The molecule has 0 radical (unpaired) electrons. The molecule has 0 spiro atoms. The highest BCUT2D eigenvalue weighted by Crippen LogP contribution is 2.27. The van der Waals surface area contributed by atoms with E-state index in [0.717, 1.165) is 28.7 Å². The Morgan fingerprint density at radius 1 is 1.43 bits per heavy atom. The molecule has 108 valence electrons. The smallest absolute Gasteiger partial charge is 0.246 e. The summed E-state index contributed by atoms with van der Waals surface area (Å²) in [4.78, 5) is 13.5. The monoisotopic (exact) mass is 282 g/mol. The molecule has 0 saturated heterocycles. The Labute approximate surface area is 124 Å². The van der Waals surface area contributed by atoms with Crippen molar-refractivity contribution in [3.05, 3.63) is 41.7 Å². The van der Waals surface area contributed by atoms with Gasteiger partial charge in [-0.1, -0.05) is 25.1 Å². The zero-order valence-electron chi connectivity index (χ0n) is 12.3. The van der Waals surface area contributed by atoms with E-state index in [2.05, 4.69) is 0 Å². The molecule has 0 saturated carbocycles. The number of para-hydroxylation sites is 1. The number of likely N-dealkylation sites (N-methyl/N-ethyl adjacent to an activating group) is 1. The van der Waals surface area contributed by atoms with Gasteiger partial charge in [-0.2, -0.15) is 5.26 Å². The maximum Gasteiger partial charge on any atom is 0.246 e. The number of rotatable bonds is 5. The number of nitrogens with zero attached hydrogens (tertiary/aromatic N) is 2. The first kappa shape index (κ1) is 14.9. The third kappa shape index (κ3) is 3.32. The van der Waals surface area contributed by atoms with Crippen molar-refractivity contribution in [3.8, 4) is 6.07 Å². The molecule has 4 heteroatoms. The highest BCUT2D eigenvalue weighted by atomic mass is 16.3. The molecule has 0 aliphatic carbocycles. The summed E-state index contributed by atoms with van der Waals surface area (Å²) in [6.45, 7) is 2.46. The van der Waals surface area contributed by atoms with E-state index >= 15 is 0 Å². The number of hydrogen-bond donors (Lipinski definition) is 0. The summed E-state index contributed by atoms with van der Waals surface area (Å²) in [5.41, 5.74) is 1.79. The van der Waals surface area contributed by atoms with Gasteiger partial charge in [0.2, 0.25) is 5.91 Å². The Morgan fingerprint density at radius 3 is 2.90 bits per heavy atom. The number of nitriles is 1. The number of aryl methyl sites for hydroxylation is 1. The first-order valence-electron chi connectivity index (χ1n) is 6.98. The lowest BCUT2D eigenvalue weighted by atomic mass is 10.1. The van der Waals surface area contributed by atoms with Crippen LogP contribution in [0.4, 0.5) is 0 Å². The first-order valence-corrected chi connectivity index (χ1v) is 6.98. The quantitative estimate of drug-likeness (QED) is 0.790. The van der Waals surface area contributed by atoms with Crippen molar-refractivity contribution >= 4 is 23.0 Å². The van der Waals surface area contributed by atoms with Gasteiger partial charge in [-0.3, -0.25) is 4.79 Å². The van der Waals surface area contributed by atoms with Gasteiger partial charge in [0.05, 0.1) is 12.5 Å². The fourth-order valence-corrected chi connectivity index (χ4v) is 2.17. The van der Waals surface area contributed by atoms with Crippen LogP contribution in [-0.4, -0.2) is 24.4 Å². The van der Waals surface area contributed by atoms with Crippen molar-refractivity contribution in [2.75, 3.05) is 13.6 Å². The van der Waals surface area contributed by atoms with Crippen LogP contribution in [0.5, 0.6) is 0 Å². The lowest BCUT2D eigenvalue weighted by Gasteiger charge is -2.12. The van der Waals surface area contributed by atoms with Gasteiger partial charge in [-0.25, -0.2) is 0 Å². The van der Waals surface area contributed by atoms with Gasteiger partial charge < -0.3 is 9.32 Å². The Kier molecular flexibility index (Phi) is 4.78. The molecule has 4 nitrogen and oxygen atoms in total. The summed E-state index contributed by atoms with van der Waals surface area (Å²) in [6.07, 6.45) is 4.45. The van der Waals surface area contributed by atoms with E-state index in [9.17, 15) is 4.79 Å². The lowest BCUT2D eigenvalue weighted by molar-refractivity contribution is -0.124. The van der Waals surface area contributed by atoms with E-state index in [1.54, 1.807) is 13.1 Å². The molecule has 0 fully saturated rings. The molecule has 0 N–H and O–H groups in total. The van der Waals surface area contributed by atoms with E-state index in [0.29, 0.717) is 13.0 Å². The van der Waals surface area contributed by atoms with Gasteiger partial charge >= 0.3 is 0 Å². The number of furan rings is 1. The summed E-state index contributed by atoms with van der Waals surface area (Å²) >= 11 is 0. The number of benzene rings is 1. The summed E-state index contributed by atoms with van der Waals surface area (Å²) in [5.74, 6) is 0.762. The van der Waals surface area contributed by atoms with Crippen LogP contribution in [0.25, 0.3) is 17.0 Å². The van der Waals surface area contributed by atoms with Crippen molar-refractivity contribution in [1.82, 2.24) is 4.90 Å². The van der Waals surface area contributed by atoms with Crippen LogP contribution < -0.4 is 0 Å². The van der Waals surface area contributed by atoms with E-state index in [4.69, 9.17) is 9.68 Å². The highest BCUT2D eigenvalue weighted by Gasteiger charge is 2.11. The maximum atomic E-state index is 12.0. The van der Waals surface area contributed by atoms with Crippen molar-refractivity contribution < 1.29 is 9.21 Å².